The van der Waals surface area contributed by atoms with E-state index in [2.05, 4.69) is 16.7 Å². The lowest BCUT2D eigenvalue weighted by molar-refractivity contribution is 0.837. The van der Waals surface area contributed by atoms with Crippen molar-refractivity contribution in [2.24, 2.45) is 0 Å². The number of aromatic nitrogens is 1. The third-order valence-corrected chi connectivity index (χ3v) is 4.47. The van der Waals surface area contributed by atoms with Gasteiger partial charge < -0.3 is 4.57 Å². The highest BCUT2D eigenvalue weighted by Gasteiger charge is 2.23. The van der Waals surface area contributed by atoms with Crippen molar-refractivity contribution in [3.05, 3.63) is 91.8 Å². The Kier molecular flexibility index (Phi) is 3.17. The molecule has 0 saturated carbocycles. The average Bonchev–Trinajstić information content (AvgIpc) is 2.94. The van der Waals surface area contributed by atoms with E-state index in [0.717, 1.165) is 22.0 Å². The van der Waals surface area contributed by atoms with Crippen molar-refractivity contribution in [2.75, 3.05) is 0 Å². The van der Waals surface area contributed by atoms with Crippen molar-refractivity contribution < 1.29 is 0 Å². The van der Waals surface area contributed by atoms with Gasteiger partial charge in [-0.15, -0.1) is 0 Å². The van der Waals surface area contributed by atoms with Gasteiger partial charge in [0.25, 0.3) is 0 Å². The maximum atomic E-state index is 11.9. The highest BCUT2D eigenvalue weighted by atomic mass is 35.5. The molecule has 23 heavy (non-hydrogen) atoms. The number of hydrogen-bond acceptors (Lipinski definition) is 2. The number of fused-ring (bicyclic) bond motifs is 1. The molecule has 0 radical (unpaired) electrons. The standard InChI is InChI=1S/C19H12ClNO2/c20-17-16(18(22)19(17)23)14-11-21(10-12-6-2-1-3-7-12)15-9-5-4-8-13(14)15/h1-9,11H,10H2. The van der Waals surface area contributed by atoms with Crippen LogP contribution in [0.1, 0.15) is 5.56 Å². The molecular formula is C19H12ClNO2. The first kappa shape index (κ1) is 14.0. The van der Waals surface area contributed by atoms with Crippen LogP contribution in [0.15, 0.2) is 70.4 Å². The van der Waals surface area contributed by atoms with Gasteiger partial charge in [-0.3, -0.25) is 9.59 Å². The Morgan fingerprint density at radius 2 is 1.57 bits per heavy atom. The van der Waals surface area contributed by atoms with Crippen LogP contribution in [0.2, 0.25) is 5.02 Å². The van der Waals surface area contributed by atoms with Gasteiger partial charge in [-0.2, -0.15) is 0 Å². The van der Waals surface area contributed by atoms with Gasteiger partial charge in [0, 0.05) is 29.2 Å². The zero-order valence-corrected chi connectivity index (χ0v) is 12.9. The van der Waals surface area contributed by atoms with Crippen molar-refractivity contribution in [3.63, 3.8) is 0 Å². The van der Waals surface area contributed by atoms with Crippen LogP contribution in [0.3, 0.4) is 0 Å². The van der Waals surface area contributed by atoms with E-state index in [1.807, 2.05) is 48.7 Å². The van der Waals surface area contributed by atoms with Crippen LogP contribution in [0.25, 0.3) is 22.0 Å². The smallest absolute Gasteiger partial charge is 0.245 e. The molecule has 0 N–H and O–H groups in total. The molecule has 0 amide bonds. The molecule has 0 spiro atoms. The van der Waals surface area contributed by atoms with E-state index in [1.54, 1.807) is 0 Å². The highest BCUT2D eigenvalue weighted by molar-refractivity contribution is 6.34. The summed E-state index contributed by atoms with van der Waals surface area (Å²) in [5, 5.41) is 0.968. The molecule has 0 fully saturated rings. The maximum absolute atomic E-state index is 11.9. The van der Waals surface area contributed by atoms with E-state index in [1.165, 1.54) is 0 Å². The molecule has 0 aliphatic heterocycles. The average molecular weight is 322 g/mol. The Labute approximate surface area is 137 Å². The van der Waals surface area contributed by atoms with Gasteiger partial charge in [0.1, 0.15) is 5.02 Å². The van der Waals surface area contributed by atoms with Crippen molar-refractivity contribution in [1.29, 1.82) is 0 Å². The lowest BCUT2D eigenvalue weighted by Crippen LogP contribution is -2.33. The predicted octanol–water partition coefficient (Wildman–Crippen LogP) is 3.61. The summed E-state index contributed by atoms with van der Waals surface area (Å²) in [4.78, 5) is 23.3. The molecule has 1 heterocycles. The molecule has 0 aliphatic carbocycles. The van der Waals surface area contributed by atoms with Crippen LogP contribution >= 0.6 is 11.6 Å². The Bertz CT molecular complexity index is 1090. The summed E-state index contributed by atoms with van der Waals surface area (Å²) >= 11 is 5.96. The second-order valence-electron chi connectivity index (χ2n) is 5.52. The van der Waals surface area contributed by atoms with Crippen LogP contribution in [0.5, 0.6) is 0 Å². The molecule has 4 heteroatoms. The van der Waals surface area contributed by atoms with Crippen LogP contribution in [-0.4, -0.2) is 4.57 Å². The Hall–Kier alpha value is -2.65. The minimum atomic E-state index is -0.596. The minimum absolute atomic E-state index is 0.0395. The van der Waals surface area contributed by atoms with Crippen LogP contribution < -0.4 is 10.9 Å². The first-order valence-electron chi connectivity index (χ1n) is 7.28. The zero-order chi connectivity index (χ0) is 16.0. The molecule has 4 rings (SSSR count). The van der Waals surface area contributed by atoms with E-state index in [0.29, 0.717) is 12.1 Å². The topological polar surface area (TPSA) is 39.1 Å². The first-order chi connectivity index (χ1) is 11.2. The number of nitrogens with zero attached hydrogens (tertiary/aromatic N) is 1. The summed E-state index contributed by atoms with van der Waals surface area (Å²) in [5.41, 5.74) is 2.14. The number of halogens is 1. The quantitative estimate of drug-likeness (QED) is 0.541. The van der Waals surface area contributed by atoms with Crippen molar-refractivity contribution >= 4 is 22.5 Å². The number of benzene rings is 2. The molecule has 1 aromatic heterocycles. The minimum Gasteiger partial charge on any atom is -0.342 e. The van der Waals surface area contributed by atoms with E-state index in [9.17, 15) is 9.59 Å². The normalized spacial score (nSPS) is 11.3. The van der Waals surface area contributed by atoms with Gasteiger partial charge >= 0.3 is 0 Å². The molecule has 3 nitrogen and oxygen atoms in total. The van der Waals surface area contributed by atoms with E-state index in [-0.39, 0.29) is 5.02 Å². The first-order valence-corrected chi connectivity index (χ1v) is 7.65. The fraction of sp³-hybridized carbons (Fsp3) is 0.0526. The lowest BCUT2D eigenvalue weighted by Gasteiger charge is -2.05. The second kappa shape index (κ2) is 5.21. The van der Waals surface area contributed by atoms with Gasteiger partial charge in [-0.1, -0.05) is 60.1 Å². The lowest BCUT2D eigenvalue weighted by atomic mass is 10.0. The summed E-state index contributed by atoms with van der Waals surface area (Å²) in [7, 11) is 0. The summed E-state index contributed by atoms with van der Waals surface area (Å²) in [5.74, 6) is 0. The van der Waals surface area contributed by atoms with E-state index in [4.69, 9.17) is 11.6 Å². The molecule has 0 bridgehead atoms. The third-order valence-electron chi connectivity index (χ3n) is 4.11. The number of rotatable bonds is 3. The van der Waals surface area contributed by atoms with E-state index >= 15 is 0 Å². The summed E-state index contributed by atoms with van der Waals surface area (Å²) in [6.07, 6.45) is 1.90. The Balaban J connectivity index is 1.91. The largest absolute Gasteiger partial charge is 0.342 e. The highest BCUT2D eigenvalue weighted by Crippen LogP contribution is 2.32. The van der Waals surface area contributed by atoms with Gasteiger partial charge in [0.2, 0.25) is 10.9 Å². The maximum Gasteiger partial charge on any atom is 0.245 e. The fourth-order valence-corrected chi connectivity index (χ4v) is 3.23. The molecule has 3 aromatic carbocycles. The van der Waals surface area contributed by atoms with Gasteiger partial charge in [-0.05, 0) is 11.6 Å². The third kappa shape index (κ3) is 2.13. The SMILES string of the molecule is O=c1c(Cl)c(-c2cn(Cc3ccccc3)c3ccccc23)c1=O. The molecule has 0 atom stereocenters. The van der Waals surface area contributed by atoms with Crippen molar-refractivity contribution in [2.45, 2.75) is 6.54 Å². The molecular weight excluding hydrogens is 310 g/mol. The Morgan fingerprint density at radius 1 is 0.870 bits per heavy atom. The van der Waals surface area contributed by atoms with Crippen LogP contribution in [0.4, 0.5) is 0 Å². The second-order valence-corrected chi connectivity index (χ2v) is 5.90. The monoisotopic (exact) mass is 321 g/mol. The number of para-hydroxylation sites is 1. The summed E-state index contributed by atoms with van der Waals surface area (Å²) in [6, 6.07) is 17.9. The van der Waals surface area contributed by atoms with E-state index < -0.39 is 10.9 Å². The predicted molar refractivity (Wildman–Crippen MR) is 92.8 cm³/mol. The fourth-order valence-electron chi connectivity index (χ4n) is 2.96. The van der Waals surface area contributed by atoms with Crippen molar-refractivity contribution in [3.8, 4) is 11.1 Å². The van der Waals surface area contributed by atoms with Crippen LogP contribution in [-0.2, 0) is 6.54 Å². The summed E-state index contributed by atoms with van der Waals surface area (Å²) < 4.78 is 2.08. The number of hydrogen-bond donors (Lipinski definition) is 0. The van der Waals surface area contributed by atoms with Gasteiger partial charge in [0.15, 0.2) is 0 Å². The molecule has 4 aromatic rings. The molecule has 0 saturated heterocycles. The molecule has 112 valence electrons. The summed E-state index contributed by atoms with van der Waals surface area (Å²) in [6.45, 7) is 0.689. The van der Waals surface area contributed by atoms with Gasteiger partial charge in [0.05, 0.1) is 5.56 Å². The molecule has 0 unspecified atom stereocenters. The molecule has 0 aliphatic rings. The Morgan fingerprint density at radius 3 is 2.30 bits per heavy atom. The zero-order valence-electron chi connectivity index (χ0n) is 12.1. The van der Waals surface area contributed by atoms with Crippen molar-refractivity contribution in [1.82, 2.24) is 4.57 Å². The van der Waals surface area contributed by atoms with Gasteiger partial charge in [-0.25, -0.2) is 0 Å². The van der Waals surface area contributed by atoms with Crippen LogP contribution in [0, 0.1) is 0 Å².